The molecular weight excluding hydrogens is 282 g/mol. The predicted molar refractivity (Wildman–Crippen MR) is 86.8 cm³/mol. The molecule has 1 atom stereocenters. The lowest BCUT2D eigenvalue weighted by Gasteiger charge is -2.22. The molecule has 6 heteroatoms. The number of benzene rings is 1. The van der Waals surface area contributed by atoms with Crippen LogP contribution in [0.3, 0.4) is 0 Å². The van der Waals surface area contributed by atoms with Crippen molar-refractivity contribution in [3.05, 3.63) is 24.3 Å². The van der Waals surface area contributed by atoms with Crippen LogP contribution in [0.5, 0.6) is 5.75 Å². The molecule has 1 aromatic carbocycles. The molecule has 0 aromatic heterocycles. The second-order valence-electron chi connectivity index (χ2n) is 5.32. The van der Waals surface area contributed by atoms with Gasteiger partial charge in [-0.05, 0) is 37.1 Å². The van der Waals surface area contributed by atoms with Gasteiger partial charge < -0.3 is 20.7 Å². The average molecular weight is 307 g/mol. The molecule has 0 aliphatic carbocycles. The van der Waals surface area contributed by atoms with Crippen molar-refractivity contribution in [3.63, 3.8) is 0 Å². The van der Waals surface area contributed by atoms with Gasteiger partial charge in [0.2, 0.25) is 11.8 Å². The molecule has 6 nitrogen and oxygen atoms in total. The molecule has 0 aliphatic rings. The quantitative estimate of drug-likeness (QED) is 0.791. The Morgan fingerprint density at radius 3 is 2.32 bits per heavy atom. The molecule has 0 bridgehead atoms. The predicted octanol–water partition coefficient (Wildman–Crippen LogP) is 1.15. The van der Waals surface area contributed by atoms with Crippen LogP contribution in [-0.4, -0.2) is 38.1 Å². The normalized spacial score (nSPS) is 11.9. The smallest absolute Gasteiger partial charge is 0.246 e. The molecule has 3 N–H and O–H groups in total. The minimum Gasteiger partial charge on any atom is -0.497 e. The SMILES string of the molecule is CCN(C(=O)CNC(=O)[C@@H](N)C(C)C)c1ccc(OC)cc1. The van der Waals surface area contributed by atoms with Crippen LogP contribution >= 0.6 is 0 Å². The first-order chi connectivity index (χ1) is 10.4. The zero-order valence-electron chi connectivity index (χ0n) is 13.6. The van der Waals surface area contributed by atoms with Crippen LogP contribution in [0.2, 0.25) is 0 Å². The summed E-state index contributed by atoms with van der Waals surface area (Å²) in [6.07, 6.45) is 0. The van der Waals surface area contributed by atoms with Gasteiger partial charge in [-0.15, -0.1) is 0 Å². The highest BCUT2D eigenvalue weighted by Crippen LogP contribution is 2.19. The molecule has 0 unspecified atom stereocenters. The molecule has 22 heavy (non-hydrogen) atoms. The largest absolute Gasteiger partial charge is 0.497 e. The van der Waals surface area contributed by atoms with E-state index in [2.05, 4.69) is 5.32 Å². The number of carbonyl (C=O) groups excluding carboxylic acids is 2. The van der Waals surface area contributed by atoms with Crippen molar-refractivity contribution in [1.29, 1.82) is 0 Å². The van der Waals surface area contributed by atoms with E-state index in [9.17, 15) is 9.59 Å². The number of anilines is 1. The summed E-state index contributed by atoms with van der Waals surface area (Å²) in [5, 5.41) is 2.59. The lowest BCUT2D eigenvalue weighted by molar-refractivity contribution is -0.126. The summed E-state index contributed by atoms with van der Waals surface area (Å²) in [6.45, 7) is 6.05. The first kappa shape index (κ1) is 18.0. The standard InChI is InChI=1S/C16H25N3O3/c1-5-19(12-6-8-13(22-4)9-7-12)14(20)10-18-16(21)15(17)11(2)3/h6-9,11,15H,5,10,17H2,1-4H3,(H,18,21)/t15-/m0/s1. The maximum Gasteiger partial charge on any atom is 0.246 e. The van der Waals surface area contributed by atoms with Crippen LogP contribution in [0.4, 0.5) is 5.69 Å². The van der Waals surface area contributed by atoms with Crippen molar-refractivity contribution in [1.82, 2.24) is 5.32 Å². The fourth-order valence-corrected chi connectivity index (χ4v) is 1.94. The number of amides is 2. The molecule has 0 radical (unpaired) electrons. The molecule has 0 spiro atoms. The van der Waals surface area contributed by atoms with Crippen LogP contribution in [0.25, 0.3) is 0 Å². The highest BCUT2D eigenvalue weighted by atomic mass is 16.5. The number of carbonyl (C=O) groups is 2. The topological polar surface area (TPSA) is 84.7 Å². The van der Waals surface area contributed by atoms with Gasteiger partial charge >= 0.3 is 0 Å². The Morgan fingerprint density at radius 2 is 1.86 bits per heavy atom. The van der Waals surface area contributed by atoms with Crippen LogP contribution in [0.1, 0.15) is 20.8 Å². The zero-order valence-corrected chi connectivity index (χ0v) is 13.6. The Labute approximate surface area is 131 Å². The summed E-state index contributed by atoms with van der Waals surface area (Å²) in [5.74, 6) is 0.258. The maximum absolute atomic E-state index is 12.3. The van der Waals surface area contributed by atoms with Crippen LogP contribution < -0.4 is 20.7 Å². The van der Waals surface area contributed by atoms with Crippen LogP contribution in [0.15, 0.2) is 24.3 Å². The number of nitrogens with two attached hydrogens (primary N) is 1. The van der Waals surface area contributed by atoms with Gasteiger partial charge in [0.25, 0.3) is 0 Å². The van der Waals surface area contributed by atoms with Gasteiger partial charge in [-0.2, -0.15) is 0 Å². The van der Waals surface area contributed by atoms with Gasteiger partial charge in [-0.3, -0.25) is 9.59 Å². The van der Waals surface area contributed by atoms with Gasteiger partial charge in [0, 0.05) is 12.2 Å². The summed E-state index contributed by atoms with van der Waals surface area (Å²) in [6, 6.07) is 6.59. The molecule has 0 aliphatic heterocycles. The second kappa shape index (κ2) is 8.38. The van der Waals surface area contributed by atoms with Crippen molar-refractivity contribution in [2.24, 2.45) is 11.7 Å². The summed E-state index contributed by atoms with van der Waals surface area (Å²) in [5.41, 5.74) is 6.51. The van der Waals surface area contributed by atoms with E-state index in [0.29, 0.717) is 6.54 Å². The number of hydrogen-bond acceptors (Lipinski definition) is 4. The fourth-order valence-electron chi connectivity index (χ4n) is 1.94. The number of ether oxygens (including phenoxy) is 1. The van der Waals surface area contributed by atoms with E-state index >= 15 is 0 Å². The van der Waals surface area contributed by atoms with Gasteiger partial charge in [-0.25, -0.2) is 0 Å². The Balaban J connectivity index is 2.66. The van der Waals surface area contributed by atoms with Gasteiger partial charge in [-0.1, -0.05) is 13.8 Å². The minimum atomic E-state index is -0.608. The third kappa shape index (κ3) is 4.73. The third-order valence-electron chi connectivity index (χ3n) is 3.44. The Morgan fingerprint density at radius 1 is 1.27 bits per heavy atom. The van der Waals surface area contributed by atoms with E-state index in [1.807, 2.05) is 32.9 Å². The van der Waals surface area contributed by atoms with Crippen LogP contribution in [0, 0.1) is 5.92 Å². The molecule has 122 valence electrons. The summed E-state index contributed by atoms with van der Waals surface area (Å²) < 4.78 is 5.10. The first-order valence-electron chi connectivity index (χ1n) is 7.38. The van der Waals surface area contributed by atoms with Crippen LogP contribution in [-0.2, 0) is 9.59 Å². The van der Waals surface area contributed by atoms with Gasteiger partial charge in [0.05, 0.1) is 19.7 Å². The van der Waals surface area contributed by atoms with Crippen molar-refractivity contribution < 1.29 is 14.3 Å². The molecular formula is C16H25N3O3. The van der Waals surface area contributed by atoms with Crippen molar-refractivity contribution in [2.45, 2.75) is 26.8 Å². The molecule has 0 saturated heterocycles. The highest BCUT2D eigenvalue weighted by molar-refractivity contribution is 5.97. The molecule has 0 heterocycles. The van der Waals surface area contributed by atoms with E-state index in [1.165, 1.54) is 0 Å². The fraction of sp³-hybridized carbons (Fsp3) is 0.500. The Bertz CT molecular complexity index is 500. The summed E-state index contributed by atoms with van der Waals surface area (Å²) in [4.78, 5) is 25.7. The lowest BCUT2D eigenvalue weighted by atomic mass is 10.1. The number of rotatable bonds is 7. The molecule has 1 rings (SSSR count). The Kier molecular flexibility index (Phi) is 6.85. The van der Waals surface area contributed by atoms with E-state index in [0.717, 1.165) is 11.4 Å². The number of hydrogen-bond donors (Lipinski definition) is 2. The first-order valence-corrected chi connectivity index (χ1v) is 7.38. The van der Waals surface area contributed by atoms with E-state index < -0.39 is 6.04 Å². The highest BCUT2D eigenvalue weighted by Gasteiger charge is 2.19. The summed E-state index contributed by atoms with van der Waals surface area (Å²) >= 11 is 0. The number of likely N-dealkylation sites (N-methyl/N-ethyl adjacent to an activating group) is 1. The monoisotopic (exact) mass is 307 g/mol. The molecule has 1 aromatic rings. The van der Waals surface area contributed by atoms with Crippen molar-refractivity contribution >= 4 is 17.5 Å². The van der Waals surface area contributed by atoms with E-state index in [1.54, 1.807) is 24.1 Å². The lowest BCUT2D eigenvalue weighted by Crippen LogP contribution is -2.48. The number of nitrogens with zero attached hydrogens (tertiary/aromatic N) is 1. The summed E-state index contributed by atoms with van der Waals surface area (Å²) in [7, 11) is 1.59. The minimum absolute atomic E-state index is 0.0268. The molecule has 2 amide bonds. The van der Waals surface area contributed by atoms with Crippen molar-refractivity contribution in [3.8, 4) is 5.75 Å². The second-order valence-corrected chi connectivity index (χ2v) is 5.32. The third-order valence-corrected chi connectivity index (χ3v) is 3.44. The average Bonchev–Trinajstić information content (AvgIpc) is 2.53. The Hall–Kier alpha value is -2.08. The molecule has 0 saturated carbocycles. The maximum atomic E-state index is 12.3. The zero-order chi connectivity index (χ0) is 16.7. The van der Waals surface area contributed by atoms with E-state index in [-0.39, 0.29) is 24.3 Å². The van der Waals surface area contributed by atoms with Crippen molar-refractivity contribution in [2.75, 3.05) is 25.1 Å². The number of nitrogens with one attached hydrogen (secondary N) is 1. The molecule has 0 fully saturated rings. The van der Waals surface area contributed by atoms with Gasteiger partial charge in [0.15, 0.2) is 0 Å². The van der Waals surface area contributed by atoms with Gasteiger partial charge in [0.1, 0.15) is 5.75 Å². The number of methoxy groups -OCH3 is 1. The van der Waals surface area contributed by atoms with E-state index in [4.69, 9.17) is 10.5 Å².